The third kappa shape index (κ3) is 8.34. The fourth-order valence-electron chi connectivity index (χ4n) is 4.62. The molecule has 7 heteroatoms. The lowest BCUT2D eigenvalue weighted by molar-refractivity contribution is 0.102. The molecule has 0 spiro atoms. The Hall–Kier alpha value is -3.35. The molecule has 1 unspecified atom stereocenters. The van der Waals surface area contributed by atoms with Gasteiger partial charge in [0.25, 0.3) is 0 Å². The fraction of sp³-hybridized carbons (Fsp3) is 0.324. The number of hydrogen-bond acceptors (Lipinski definition) is 4. The molecule has 0 aliphatic rings. The molecule has 1 aromatic heterocycles. The number of hydrogen-bond donors (Lipinski definition) is 2. The highest BCUT2D eigenvalue weighted by Gasteiger charge is 2.17. The van der Waals surface area contributed by atoms with Gasteiger partial charge >= 0.3 is 0 Å². The van der Waals surface area contributed by atoms with E-state index >= 15 is 0 Å². The number of halogens is 1. The van der Waals surface area contributed by atoms with Crippen molar-refractivity contribution < 1.29 is 13.7 Å². The average molecular weight is 593 g/mol. The van der Waals surface area contributed by atoms with E-state index in [1.807, 2.05) is 69.3 Å². The number of nitrogens with one attached hydrogen (secondary N) is 2. The summed E-state index contributed by atoms with van der Waals surface area (Å²) in [6, 6.07) is 13.0. The quantitative estimate of drug-likeness (QED) is 0.0951. The second-order valence-electron chi connectivity index (χ2n) is 10.4. The SMILES string of the molecule is CC/C=C(\C=C(\N/C(C)=C(/C)C(=O)c1cc2cc(C)c(S(C)=O)cc2[nH]1)C(CCC)=C(C)C)Oc1cccc(Cl)c1. The van der Waals surface area contributed by atoms with Crippen molar-refractivity contribution in [3.05, 3.63) is 105 Å². The van der Waals surface area contributed by atoms with Gasteiger partial charge in [0.15, 0.2) is 0 Å². The average Bonchev–Trinajstić information content (AvgIpc) is 3.32. The second-order valence-corrected chi connectivity index (χ2v) is 12.2. The molecule has 218 valence electrons. The van der Waals surface area contributed by atoms with Gasteiger partial charge in [-0.3, -0.25) is 9.00 Å². The normalized spacial score (nSPS) is 13.6. The second kappa shape index (κ2) is 14.5. The van der Waals surface area contributed by atoms with Crippen molar-refractivity contribution in [1.29, 1.82) is 0 Å². The number of ketones is 1. The number of benzene rings is 2. The van der Waals surface area contributed by atoms with Gasteiger partial charge in [-0.05, 0) is 101 Å². The number of aromatic amines is 1. The van der Waals surface area contributed by atoms with Crippen LogP contribution in [-0.2, 0) is 10.8 Å². The molecule has 0 bridgehead atoms. The maximum absolute atomic E-state index is 13.6. The van der Waals surface area contributed by atoms with Crippen LogP contribution in [0.3, 0.4) is 0 Å². The number of carbonyl (C=O) groups excluding carboxylic acids is 1. The van der Waals surface area contributed by atoms with E-state index in [1.54, 1.807) is 12.3 Å². The molecule has 0 saturated carbocycles. The molecule has 2 aromatic carbocycles. The zero-order chi connectivity index (χ0) is 30.3. The summed E-state index contributed by atoms with van der Waals surface area (Å²) in [5.41, 5.74) is 6.83. The highest BCUT2D eigenvalue weighted by Crippen LogP contribution is 2.27. The van der Waals surface area contributed by atoms with Crippen molar-refractivity contribution in [3.8, 4) is 5.75 Å². The number of allylic oxidation sites excluding steroid dienone is 6. The molecule has 41 heavy (non-hydrogen) atoms. The Morgan fingerprint density at radius 3 is 2.44 bits per heavy atom. The van der Waals surface area contributed by atoms with E-state index in [1.165, 1.54) is 11.1 Å². The molecule has 0 radical (unpaired) electrons. The van der Waals surface area contributed by atoms with Gasteiger partial charge in [0.05, 0.1) is 16.5 Å². The molecule has 5 nitrogen and oxygen atoms in total. The van der Waals surface area contributed by atoms with E-state index in [-0.39, 0.29) is 5.78 Å². The van der Waals surface area contributed by atoms with E-state index in [9.17, 15) is 9.00 Å². The number of aryl methyl sites for hydroxylation is 1. The zero-order valence-electron chi connectivity index (χ0n) is 25.3. The van der Waals surface area contributed by atoms with Crippen LogP contribution in [0.25, 0.3) is 10.9 Å². The lowest BCUT2D eigenvalue weighted by Crippen LogP contribution is -2.18. The Morgan fingerprint density at radius 1 is 1.10 bits per heavy atom. The molecular weight excluding hydrogens is 552 g/mol. The van der Waals surface area contributed by atoms with Crippen LogP contribution in [0.15, 0.2) is 93.4 Å². The van der Waals surface area contributed by atoms with Crippen molar-refractivity contribution >= 4 is 39.1 Å². The minimum atomic E-state index is -1.11. The van der Waals surface area contributed by atoms with E-state index in [0.717, 1.165) is 52.0 Å². The number of aromatic nitrogens is 1. The Labute approximate surface area is 251 Å². The molecule has 0 aliphatic carbocycles. The summed E-state index contributed by atoms with van der Waals surface area (Å²) in [5.74, 6) is 1.25. The number of H-pyrrole nitrogens is 1. The van der Waals surface area contributed by atoms with E-state index < -0.39 is 10.8 Å². The molecule has 1 atom stereocenters. The van der Waals surface area contributed by atoms with Crippen molar-refractivity contribution in [2.24, 2.45) is 0 Å². The highest BCUT2D eigenvalue weighted by atomic mass is 35.5. The van der Waals surface area contributed by atoms with Gasteiger partial charge in [0, 0.05) is 50.1 Å². The smallest absolute Gasteiger partial charge is 0.206 e. The van der Waals surface area contributed by atoms with Crippen LogP contribution in [0, 0.1) is 6.92 Å². The molecule has 2 N–H and O–H groups in total. The maximum Gasteiger partial charge on any atom is 0.206 e. The molecule has 3 rings (SSSR count). The summed E-state index contributed by atoms with van der Waals surface area (Å²) in [6.45, 7) is 14.1. The van der Waals surface area contributed by atoms with E-state index in [0.29, 0.717) is 27.8 Å². The standard InChI is InChI=1S/C34H41ClN2O3S/c1-9-12-27(40-28-15-11-14-26(35)18-28)19-31(29(13-10-2)21(3)4)36-24(7)23(6)34(38)32-17-25-16-22(5)33(41(8)39)20-30(25)37-32/h11-12,14-20,36-37H,9-10,13H2,1-8H3/b24-23-,27-12+,31-19+. The number of carbonyl (C=O) groups is 1. The maximum atomic E-state index is 13.6. The molecule has 1 heterocycles. The Balaban J connectivity index is 2.02. The van der Waals surface area contributed by atoms with Crippen molar-refractivity contribution in [2.45, 2.75) is 72.6 Å². The van der Waals surface area contributed by atoms with Crippen LogP contribution < -0.4 is 10.1 Å². The minimum absolute atomic E-state index is 0.101. The first-order chi connectivity index (χ1) is 19.4. The summed E-state index contributed by atoms with van der Waals surface area (Å²) in [6.07, 6.45) is 8.33. The lowest BCUT2D eigenvalue weighted by atomic mass is 10.00. The van der Waals surface area contributed by atoms with Gasteiger partial charge in [0.2, 0.25) is 5.78 Å². The molecular formula is C34H41ClN2O3S. The lowest BCUT2D eigenvalue weighted by Gasteiger charge is -2.19. The molecule has 0 fully saturated rings. The Morgan fingerprint density at radius 2 is 1.83 bits per heavy atom. The number of ether oxygens (including phenoxy) is 1. The van der Waals surface area contributed by atoms with Gasteiger partial charge in [0.1, 0.15) is 11.5 Å². The summed E-state index contributed by atoms with van der Waals surface area (Å²) >= 11 is 6.19. The Kier molecular flexibility index (Phi) is 11.4. The van der Waals surface area contributed by atoms with E-state index in [2.05, 4.69) is 38.0 Å². The van der Waals surface area contributed by atoms with E-state index in [4.69, 9.17) is 16.3 Å². The van der Waals surface area contributed by atoms with Gasteiger partial charge in [-0.15, -0.1) is 0 Å². The van der Waals surface area contributed by atoms with Crippen LogP contribution in [0.5, 0.6) is 5.75 Å². The Bertz CT molecular complexity index is 1590. The van der Waals surface area contributed by atoms with Crippen molar-refractivity contribution in [1.82, 2.24) is 10.3 Å². The van der Waals surface area contributed by atoms with Crippen LogP contribution in [0.1, 0.15) is 76.9 Å². The van der Waals surface area contributed by atoms with Gasteiger partial charge in [-0.25, -0.2) is 0 Å². The number of rotatable bonds is 12. The van der Waals surface area contributed by atoms with Gasteiger partial charge in [-0.1, -0.05) is 43.5 Å². The fourth-order valence-corrected chi connectivity index (χ4v) is 5.59. The molecule has 0 saturated heterocycles. The van der Waals surface area contributed by atoms with Crippen LogP contribution in [-0.4, -0.2) is 21.2 Å². The van der Waals surface area contributed by atoms with Crippen LogP contribution >= 0.6 is 11.6 Å². The van der Waals surface area contributed by atoms with Crippen LogP contribution in [0.4, 0.5) is 0 Å². The molecule has 3 aromatic rings. The summed E-state index contributed by atoms with van der Waals surface area (Å²) in [7, 11) is -1.11. The first-order valence-electron chi connectivity index (χ1n) is 13.9. The predicted octanol–water partition coefficient (Wildman–Crippen LogP) is 9.33. The number of Topliss-reactive ketones (excluding diaryl/α,β-unsaturated/α-hetero) is 1. The summed E-state index contributed by atoms with van der Waals surface area (Å²) in [4.78, 5) is 17.6. The molecule has 0 aliphatic heterocycles. The van der Waals surface area contributed by atoms with Crippen molar-refractivity contribution in [2.75, 3.05) is 6.26 Å². The highest BCUT2D eigenvalue weighted by molar-refractivity contribution is 7.84. The van der Waals surface area contributed by atoms with Gasteiger partial charge < -0.3 is 15.0 Å². The molecule has 0 amide bonds. The minimum Gasteiger partial charge on any atom is -0.458 e. The van der Waals surface area contributed by atoms with Gasteiger partial charge in [-0.2, -0.15) is 0 Å². The zero-order valence-corrected chi connectivity index (χ0v) is 26.9. The third-order valence-corrected chi connectivity index (χ3v) is 8.14. The first kappa shape index (κ1) is 32.2. The largest absolute Gasteiger partial charge is 0.458 e. The summed E-state index contributed by atoms with van der Waals surface area (Å²) < 4.78 is 18.4. The predicted molar refractivity (Wildman–Crippen MR) is 173 cm³/mol. The van der Waals surface area contributed by atoms with Crippen molar-refractivity contribution in [3.63, 3.8) is 0 Å². The topological polar surface area (TPSA) is 71.2 Å². The monoisotopic (exact) mass is 592 g/mol. The number of fused-ring (bicyclic) bond motifs is 1. The first-order valence-corrected chi connectivity index (χ1v) is 15.9. The third-order valence-electron chi connectivity index (χ3n) is 6.85. The summed E-state index contributed by atoms with van der Waals surface area (Å²) in [5, 5.41) is 5.07. The van der Waals surface area contributed by atoms with Crippen LogP contribution in [0.2, 0.25) is 5.02 Å².